The number of hydrogen-bond donors (Lipinski definition) is 1. The van der Waals surface area contributed by atoms with Crippen LogP contribution in [0.25, 0.3) is 27.8 Å². The zero-order chi connectivity index (χ0) is 13.5. The lowest BCUT2D eigenvalue weighted by atomic mass is 10.1. The summed E-state index contributed by atoms with van der Waals surface area (Å²) in [5.41, 5.74) is 8.95. The number of para-hydroxylation sites is 1. The Bertz CT molecular complexity index is 927. The van der Waals surface area contributed by atoms with Gasteiger partial charge in [-0.05, 0) is 12.1 Å². The van der Waals surface area contributed by atoms with E-state index in [1.54, 1.807) is 23.1 Å². The second kappa shape index (κ2) is 3.99. The first-order valence-corrected chi connectivity index (χ1v) is 6.13. The first-order chi connectivity index (χ1) is 9.81. The maximum Gasteiger partial charge on any atom is 0.240 e. The van der Waals surface area contributed by atoms with Crippen LogP contribution in [-0.4, -0.2) is 24.6 Å². The largest absolute Gasteiger partial charge is 0.366 e. The highest BCUT2D eigenvalue weighted by atomic mass is 15.3. The highest BCUT2D eigenvalue weighted by Gasteiger charge is 2.08. The Kier molecular flexibility index (Phi) is 2.17. The van der Waals surface area contributed by atoms with Crippen molar-refractivity contribution in [3.63, 3.8) is 0 Å². The zero-order valence-corrected chi connectivity index (χ0v) is 10.4. The van der Waals surface area contributed by atoms with Crippen molar-refractivity contribution in [2.24, 2.45) is 0 Å². The smallest absolute Gasteiger partial charge is 0.240 e. The Hall–Kier alpha value is -3.02. The van der Waals surface area contributed by atoms with Gasteiger partial charge in [-0.2, -0.15) is 4.98 Å². The van der Waals surface area contributed by atoms with E-state index in [0.29, 0.717) is 5.65 Å². The molecule has 0 spiro atoms. The van der Waals surface area contributed by atoms with Crippen molar-refractivity contribution in [2.45, 2.75) is 0 Å². The Morgan fingerprint density at radius 3 is 2.90 bits per heavy atom. The van der Waals surface area contributed by atoms with E-state index in [1.165, 1.54) is 0 Å². The lowest BCUT2D eigenvalue weighted by Gasteiger charge is -2.04. The van der Waals surface area contributed by atoms with Crippen LogP contribution in [0, 0.1) is 0 Å². The Balaban J connectivity index is 2.00. The molecule has 0 bridgehead atoms. The summed E-state index contributed by atoms with van der Waals surface area (Å²) in [6.45, 7) is 0. The highest BCUT2D eigenvalue weighted by molar-refractivity contribution is 5.82. The van der Waals surface area contributed by atoms with Gasteiger partial charge in [0, 0.05) is 17.1 Å². The van der Waals surface area contributed by atoms with Crippen LogP contribution in [0.15, 0.2) is 48.9 Å². The van der Waals surface area contributed by atoms with Crippen LogP contribution in [0.3, 0.4) is 0 Å². The molecule has 0 unspecified atom stereocenters. The van der Waals surface area contributed by atoms with Gasteiger partial charge in [0.15, 0.2) is 5.65 Å². The van der Waals surface area contributed by atoms with Gasteiger partial charge in [0.25, 0.3) is 0 Å². The maximum atomic E-state index is 5.64. The fourth-order valence-electron chi connectivity index (χ4n) is 2.24. The number of aromatic nitrogens is 5. The number of rotatable bonds is 1. The molecule has 3 aromatic heterocycles. The van der Waals surface area contributed by atoms with Crippen LogP contribution in [-0.2, 0) is 0 Å². The van der Waals surface area contributed by atoms with Crippen molar-refractivity contribution in [3.05, 3.63) is 48.9 Å². The van der Waals surface area contributed by atoms with Crippen LogP contribution in [0.5, 0.6) is 0 Å². The Morgan fingerprint density at radius 2 is 1.95 bits per heavy atom. The van der Waals surface area contributed by atoms with E-state index in [-0.39, 0.29) is 5.95 Å². The monoisotopic (exact) mass is 262 g/mol. The lowest BCUT2D eigenvalue weighted by Crippen LogP contribution is -1.96. The maximum absolute atomic E-state index is 5.64. The molecule has 0 saturated heterocycles. The molecule has 0 atom stereocenters. The van der Waals surface area contributed by atoms with Gasteiger partial charge in [0.05, 0.1) is 23.6 Å². The molecule has 0 amide bonds. The summed E-state index contributed by atoms with van der Waals surface area (Å²) in [4.78, 5) is 12.7. The molecule has 2 N–H and O–H groups in total. The van der Waals surface area contributed by atoms with E-state index < -0.39 is 0 Å². The highest BCUT2D eigenvalue weighted by Crippen LogP contribution is 2.22. The van der Waals surface area contributed by atoms with E-state index >= 15 is 0 Å². The number of fused-ring (bicyclic) bond motifs is 2. The summed E-state index contributed by atoms with van der Waals surface area (Å²) in [6, 6.07) is 10.0. The van der Waals surface area contributed by atoms with Gasteiger partial charge < -0.3 is 5.73 Å². The third-order valence-electron chi connectivity index (χ3n) is 3.15. The van der Waals surface area contributed by atoms with E-state index in [4.69, 9.17) is 5.73 Å². The van der Waals surface area contributed by atoms with Gasteiger partial charge in [0.1, 0.15) is 0 Å². The first-order valence-electron chi connectivity index (χ1n) is 6.13. The summed E-state index contributed by atoms with van der Waals surface area (Å²) in [6.07, 6.45) is 5.16. The van der Waals surface area contributed by atoms with E-state index in [0.717, 1.165) is 22.2 Å². The number of nitrogen functional groups attached to an aromatic ring is 1. The van der Waals surface area contributed by atoms with Crippen molar-refractivity contribution in [1.82, 2.24) is 24.6 Å². The standard InChI is InChI=1S/C14H10N6/c15-14-18-13-8-16-7-12(20(13)19-14)10-5-9-3-1-2-4-11(9)17-6-10/h1-8H,(H2,15,19). The minimum absolute atomic E-state index is 0.230. The number of hydrogen-bond acceptors (Lipinski definition) is 5. The van der Waals surface area contributed by atoms with Crippen LogP contribution < -0.4 is 5.73 Å². The number of nitrogens with zero attached hydrogens (tertiary/aromatic N) is 5. The quantitative estimate of drug-likeness (QED) is 0.566. The summed E-state index contributed by atoms with van der Waals surface area (Å²) >= 11 is 0. The van der Waals surface area contributed by atoms with E-state index in [2.05, 4.69) is 26.1 Å². The molecular weight excluding hydrogens is 252 g/mol. The van der Waals surface area contributed by atoms with Gasteiger partial charge in [-0.25, -0.2) is 4.52 Å². The van der Waals surface area contributed by atoms with Crippen LogP contribution in [0.4, 0.5) is 5.95 Å². The third-order valence-corrected chi connectivity index (χ3v) is 3.15. The van der Waals surface area contributed by atoms with Gasteiger partial charge in [-0.1, -0.05) is 18.2 Å². The van der Waals surface area contributed by atoms with Crippen LogP contribution >= 0.6 is 0 Å². The fraction of sp³-hybridized carbons (Fsp3) is 0. The molecular formula is C14H10N6. The van der Waals surface area contributed by atoms with Gasteiger partial charge in [-0.15, -0.1) is 5.10 Å². The number of nitrogens with two attached hydrogens (primary N) is 1. The van der Waals surface area contributed by atoms with Crippen LogP contribution in [0.1, 0.15) is 0 Å². The van der Waals surface area contributed by atoms with E-state index in [9.17, 15) is 0 Å². The number of pyridine rings is 1. The average Bonchev–Trinajstić information content (AvgIpc) is 2.86. The fourth-order valence-corrected chi connectivity index (χ4v) is 2.24. The molecule has 6 heteroatoms. The van der Waals surface area contributed by atoms with Gasteiger partial charge >= 0.3 is 0 Å². The molecule has 0 fully saturated rings. The van der Waals surface area contributed by atoms with Crippen LogP contribution in [0.2, 0.25) is 0 Å². The summed E-state index contributed by atoms with van der Waals surface area (Å²) < 4.78 is 1.67. The second-order valence-electron chi connectivity index (χ2n) is 4.45. The first kappa shape index (κ1) is 10.9. The second-order valence-corrected chi connectivity index (χ2v) is 4.45. The molecule has 3 heterocycles. The molecule has 1 aromatic carbocycles. The molecule has 4 rings (SSSR count). The summed E-state index contributed by atoms with van der Waals surface area (Å²) in [7, 11) is 0. The molecule has 0 aliphatic rings. The predicted octanol–water partition coefficient (Wildman–Crippen LogP) is 1.92. The van der Waals surface area contributed by atoms with Gasteiger partial charge in [-0.3, -0.25) is 9.97 Å². The summed E-state index contributed by atoms with van der Waals surface area (Å²) in [5, 5.41) is 5.25. The molecule has 6 nitrogen and oxygen atoms in total. The predicted molar refractivity (Wildman–Crippen MR) is 75.9 cm³/mol. The SMILES string of the molecule is Nc1nc2cncc(-c3cnc4ccccc4c3)n2n1. The number of anilines is 1. The van der Waals surface area contributed by atoms with Crippen molar-refractivity contribution < 1.29 is 0 Å². The van der Waals surface area contributed by atoms with Crippen molar-refractivity contribution in [3.8, 4) is 11.3 Å². The van der Waals surface area contributed by atoms with Crippen molar-refractivity contribution in [2.75, 3.05) is 5.73 Å². The van der Waals surface area contributed by atoms with Gasteiger partial charge in [0.2, 0.25) is 5.95 Å². The molecule has 4 aromatic rings. The molecule has 96 valence electrons. The van der Waals surface area contributed by atoms with E-state index in [1.807, 2.05) is 24.3 Å². The number of benzene rings is 1. The molecule has 0 aliphatic carbocycles. The lowest BCUT2D eigenvalue weighted by molar-refractivity contribution is 0.960. The Labute approximate surface area is 113 Å². The van der Waals surface area contributed by atoms with Crippen molar-refractivity contribution in [1.29, 1.82) is 0 Å². The molecule has 0 aliphatic heterocycles. The minimum Gasteiger partial charge on any atom is -0.366 e. The average molecular weight is 262 g/mol. The zero-order valence-electron chi connectivity index (χ0n) is 10.4. The third kappa shape index (κ3) is 1.58. The molecule has 20 heavy (non-hydrogen) atoms. The molecule has 0 saturated carbocycles. The molecule has 0 radical (unpaired) electrons. The normalized spacial score (nSPS) is 11.2. The summed E-state index contributed by atoms with van der Waals surface area (Å²) in [5.74, 6) is 0.230. The minimum atomic E-state index is 0.230. The topological polar surface area (TPSA) is 82.0 Å². The Morgan fingerprint density at radius 1 is 1.05 bits per heavy atom. The van der Waals surface area contributed by atoms with Crippen molar-refractivity contribution >= 4 is 22.5 Å².